The number of halogens is 1. The zero-order valence-corrected chi connectivity index (χ0v) is 19.3. The number of nitrogens with one attached hydrogen (secondary N) is 1. The first-order valence-corrected chi connectivity index (χ1v) is 11.2. The maximum atomic E-state index is 12.8. The molecule has 1 heterocycles. The third-order valence-corrected chi connectivity index (χ3v) is 6.42. The number of ether oxygens (including phenoxy) is 1. The van der Waals surface area contributed by atoms with E-state index in [0.717, 1.165) is 11.8 Å². The number of thioether (sulfide) groups is 1. The van der Waals surface area contributed by atoms with Gasteiger partial charge >= 0.3 is 5.97 Å². The molecule has 2 aromatic rings. The third kappa shape index (κ3) is 5.33. The Labute approximate surface area is 199 Å². The van der Waals surface area contributed by atoms with Crippen molar-refractivity contribution in [3.63, 3.8) is 0 Å². The van der Waals surface area contributed by atoms with E-state index in [4.69, 9.17) is 16.3 Å². The smallest absolute Gasteiger partial charge is 0.319 e. The van der Waals surface area contributed by atoms with Crippen molar-refractivity contribution in [1.82, 2.24) is 5.32 Å². The van der Waals surface area contributed by atoms with Gasteiger partial charge in [-0.25, -0.2) is 0 Å². The lowest BCUT2D eigenvalue weighted by Crippen LogP contribution is -2.44. The summed E-state index contributed by atoms with van der Waals surface area (Å²) < 4.78 is 4.80. The Morgan fingerprint density at radius 2 is 1.82 bits per heavy atom. The molecule has 2 atom stereocenters. The number of ketones is 2. The first-order chi connectivity index (χ1) is 15.8. The van der Waals surface area contributed by atoms with E-state index in [1.54, 1.807) is 42.5 Å². The van der Waals surface area contributed by atoms with Gasteiger partial charge in [0.25, 0.3) is 0 Å². The fourth-order valence-corrected chi connectivity index (χ4v) is 4.55. The Balaban J connectivity index is 1.95. The van der Waals surface area contributed by atoms with E-state index in [0.29, 0.717) is 21.7 Å². The lowest BCUT2D eigenvalue weighted by molar-refractivity contribution is -0.150. The Bertz CT molecular complexity index is 1200. The molecule has 1 amide bonds. The quantitative estimate of drug-likeness (QED) is 0.361. The van der Waals surface area contributed by atoms with Crippen LogP contribution >= 0.6 is 23.4 Å². The molecule has 0 spiro atoms. The highest BCUT2D eigenvalue weighted by Crippen LogP contribution is 2.40. The van der Waals surface area contributed by atoms with Gasteiger partial charge in [-0.1, -0.05) is 53.7 Å². The van der Waals surface area contributed by atoms with Gasteiger partial charge in [-0.3, -0.25) is 19.2 Å². The molecule has 9 heteroatoms. The Hall–Kier alpha value is -3.41. The molecule has 0 saturated carbocycles. The largest absolute Gasteiger partial charge is 0.468 e. The van der Waals surface area contributed by atoms with Crippen molar-refractivity contribution in [2.24, 2.45) is 5.92 Å². The summed E-state index contributed by atoms with van der Waals surface area (Å²) in [4.78, 5) is 49.5. The van der Waals surface area contributed by atoms with Gasteiger partial charge in [0, 0.05) is 22.1 Å². The van der Waals surface area contributed by atoms with E-state index in [2.05, 4.69) is 11.4 Å². The van der Waals surface area contributed by atoms with Gasteiger partial charge in [-0.2, -0.15) is 5.26 Å². The van der Waals surface area contributed by atoms with Crippen molar-refractivity contribution in [1.29, 1.82) is 5.26 Å². The number of allylic oxidation sites excluding steroid dienone is 1. The molecule has 0 bridgehead atoms. The lowest BCUT2D eigenvalue weighted by Gasteiger charge is -2.30. The summed E-state index contributed by atoms with van der Waals surface area (Å²) in [5.74, 6) is -4.09. The first-order valence-electron chi connectivity index (χ1n) is 9.82. The number of carbonyl (C=O) groups excluding carboxylic acids is 4. The van der Waals surface area contributed by atoms with E-state index >= 15 is 0 Å². The number of methoxy groups -OCH3 is 1. The highest BCUT2D eigenvalue weighted by molar-refractivity contribution is 8.03. The number of hydrogen-bond acceptors (Lipinski definition) is 7. The van der Waals surface area contributed by atoms with Crippen molar-refractivity contribution < 1.29 is 23.9 Å². The van der Waals surface area contributed by atoms with E-state index in [9.17, 15) is 24.4 Å². The van der Waals surface area contributed by atoms with Crippen LogP contribution in [0.4, 0.5) is 0 Å². The van der Waals surface area contributed by atoms with Crippen LogP contribution in [0.15, 0.2) is 59.1 Å². The van der Waals surface area contributed by atoms with Crippen LogP contribution in [0.25, 0.3) is 0 Å². The van der Waals surface area contributed by atoms with Crippen LogP contribution in [0.5, 0.6) is 0 Å². The number of Topliss-reactive ketones (excluding diaryl/α,β-unsaturated/α-hetero) is 2. The Morgan fingerprint density at radius 1 is 1.15 bits per heavy atom. The topological polar surface area (TPSA) is 113 Å². The number of amides is 1. The molecule has 7 nitrogen and oxygen atoms in total. The van der Waals surface area contributed by atoms with Crippen molar-refractivity contribution >= 4 is 46.8 Å². The first kappa shape index (κ1) is 24.2. The van der Waals surface area contributed by atoms with E-state index < -0.39 is 23.7 Å². The number of hydrogen-bond donors (Lipinski definition) is 1. The number of esters is 1. The van der Waals surface area contributed by atoms with E-state index in [1.165, 1.54) is 20.1 Å². The maximum Gasteiger partial charge on any atom is 0.319 e. The Morgan fingerprint density at radius 3 is 2.42 bits per heavy atom. The zero-order chi connectivity index (χ0) is 24.1. The lowest BCUT2D eigenvalue weighted by atomic mass is 9.78. The molecule has 0 aliphatic carbocycles. The number of nitrogens with zero attached hydrogens (tertiary/aromatic N) is 1. The molecular weight excluding hydrogens is 464 g/mol. The molecule has 1 aliphatic rings. The van der Waals surface area contributed by atoms with Crippen LogP contribution in [-0.2, 0) is 14.3 Å². The van der Waals surface area contributed by atoms with E-state index in [-0.39, 0.29) is 27.9 Å². The summed E-state index contributed by atoms with van der Waals surface area (Å²) >= 11 is 6.95. The van der Waals surface area contributed by atoms with Crippen LogP contribution in [0.1, 0.15) is 39.1 Å². The molecule has 33 heavy (non-hydrogen) atoms. The number of benzene rings is 2. The highest BCUT2D eigenvalue weighted by atomic mass is 35.5. The van der Waals surface area contributed by atoms with Gasteiger partial charge in [0.15, 0.2) is 11.6 Å². The second-order valence-corrected chi connectivity index (χ2v) is 8.64. The second kappa shape index (κ2) is 10.5. The third-order valence-electron chi connectivity index (χ3n) is 5.15. The van der Waals surface area contributed by atoms with Crippen LogP contribution in [0.2, 0.25) is 5.02 Å². The minimum Gasteiger partial charge on any atom is -0.468 e. The summed E-state index contributed by atoms with van der Waals surface area (Å²) in [6.07, 6.45) is 0. The van der Waals surface area contributed by atoms with Gasteiger partial charge in [0.2, 0.25) is 5.91 Å². The monoisotopic (exact) mass is 482 g/mol. The van der Waals surface area contributed by atoms with Gasteiger partial charge in [-0.15, -0.1) is 0 Å². The molecule has 2 aromatic carbocycles. The minimum atomic E-state index is -1.27. The maximum absolute atomic E-state index is 12.8. The average Bonchev–Trinajstić information content (AvgIpc) is 2.82. The summed E-state index contributed by atoms with van der Waals surface area (Å²) in [6, 6.07) is 14.9. The predicted molar refractivity (Wildman–Crippen MR) is 124 cm³/mol. The standard InChI is InChI=1S/C24H19ClN2O5S/c1-13(28)15-4-3-5-16(10-15)19(29)12-33-23-18(11-26)20(14-6-8-17(25)9-7-14)21(22(30)27-23)24(31)32-2/h3-10,20-21H,12H2,1-2H3,(H,27,30)/t20-,21+/m0/s1. The van der Waals surface area contributed by atoms with Crippen LogP contribution in [0.3, 0.4) is 0 Å². The molecule has 0 unspecified atom stereocenters. The molecule has 3 rings (SSSR count). The molecule has 0 radical (unpaired) electrons. The normalized spacial score (nSPS) is 17.7. The molecule has 168 valence electrons. The summed E-state index contributed by atoms with van der Waals surface area (Å²) in [7, 11) is 1.17. The van der Waals surface area contributed by atoms with Crippen molar-refractivity contribution in [3.05, 3.63) is 80.8 Å². The van der Waals surface area contributed by atoms with Crippen LogP contribution < -0.4 is 5.32 Å². The fraction of sp³-hybridized carbons (Fsp3) is 0.208. The molecular formula is C24H19ClN2O5S. The molecule has 1 N–H and O–H groups in total. The van der Waals surface area contributed by atoms with Crippen LogP contribution in [0, 0.1) is 17.2 Å². The van der Waals surface area contributed by atoms with Gasteiger partial charge < -0.3 is 10.1 Å². The van der Waals surface area contributed by atoms with Gasteiger partial charge in [0.05, 0.1) is 29.5 Å². The van der Waals surface area contributed by atoms with Crippen molar-refractivity contribution in [3.8, 4) is 6.07 Å². The molecule has 0 fully saturated rings. The van der Waals surface area contributed by atoms with Crippen LogP contribution in [-0.4, -0.2) is 36.3 Å². The average molecular weight is 483 g/mol. The Kier molecular flexibility index (Phi) is 7.69. The predicted octanol–water partition coefficient (Wildman–Crippen LogP) is 3.90. The highest BCUT2D eigenvalue weighted by Gasteiger charge is 2.44. The number of nitriles is 1. The second-order valence-electron chi connectivity index (χ2n) is 7.22. The number of rotatable bonds is 7. The van der Waals surface area contributed by atoms with Crippen molar-refractivity contribution in [2.75, 3.05) is 12.9 Å². The fourth-order valence-electron chi connectivity index (χ4n) is 3.48. The zero-order valence-electron chi connectivity index (χ0n) is 17.8. The summed E-state index contributed by atoms with van der Waals surface area (Å²) in [5, 5.41) is 13.1. The molecule has 0 saturated heterocycles. The number of carbonyl (C=O) groups is 4. The minimum absolute atomic E-state index is 0.0849. The summed E-state index contributed by atoms with van der Waals surface area (Å²) in [5.41, 5.74) is 1.44. The molecule has 0 aromatic heterocycles. The molecule has 1 aliphatic heterocycles. The summed E-state index contributed by atoms with van der Waals surface area (Å²) in [6.45, 7) is 1.41. The SMILES string of the molecule is COC(=O)[C@H]1C(=O)NC(SCC(=O)c2cccc(C(C)=O)c2)=C(C#N)[C@@H]1c1ccc(Cl)cc1. The van der Waals surface area contributed by atoms with Crippen molar-refractivity contribution in [2.45, 2.75) is 12.8 Å². The van der Waals surface area contributed by atoms with Gasteiger partial charge in [-0.05, 0) is 30.7 Å². The van der Waals surface area contributed by atoms with Gasteiger partial charge in [0.1, 0.15) is 5.92 Å². The van der Waals surface area contributed by atoms with E-state index in [1.807, 2.05) is 0 Å².